The maximum absolute atomic E-state index is 13.4. The van der Waals surface area contributed by atoms with Crippen molar-refractivity contribution in [2.24, 2.45) is 0 Å². The third kappa shape index (κ3) is 3.11. The number of benzene rings is 1. The van der Waals surface area contributed by atoms with E-state index in [9.17, 15) is 4.39 Å². The number of nitrogens with one attached hydrogen (secondary N) is 1. The summed E-state index contributed by atoms with van der Waals surface area (Å²) in [6, 6.07) is 12.8. The molecule has 3 aromatic rings. The lowest BCUT2D eigenvalue weighted by molar-refractivity contribution is 0.625. The zero-order valence-corrected chi connectivity index (χ0v) is 13.3. The summed E-state index contributed by atoms with van der Waals surface area (Å²) in [7, 11) is 0. The van der Waals surface area contributed by atoms with E-state index in [0.29, 0.717) is 11.7 Å². The molecule has 0 bridgehead atoms. The fourth-order valence-electron chi connectivity index (χ4n) is 2.92. The molecule has 4 rings (SSSR count). The molecular weight excluding hydrogens is 303 g/mol. The second-order valence-corrected chi connectivity index (χ2v) is 6.10. The Labute approximate surface area is 139 Å². The minimum Gasteiger partial charge on any atom is -0.367 e. The predicted octanol–water partition coefficient (Wildman–Crippen LogP) is 3.95. The molecule has 1 fully saturated rings. The molecule has 2 aromatic heterocycles. The number of pyridine rings is 1. The summed E-state index contributed by atoms with van der Waals surface area (Å²) in [6.45, 7) is 1.95. The molecule has 1 aliphatic carbocycles. The number of aryl methyl sites for hydroxylation is 1. The molecule has 1 N–H and O–H groups in total. The van der Waals surface area contributed by atoms with Crippen molar-refractivity contribution in [3.05, 3.63) is 71.9 Å². The van der Waals surface area contributed by atoms with E-state index in [0.717, 1.165) is 29.1 Å². The number of anilines is 1. The van der Waals surface area contributed by atoms with Gasteiger partial charge in [-0.2, -0.15) is 0 Å². The van der Waals surface area contributed by atoms with Crippen LogP contribution in [0.3, 0.4) is 0 Å². The van der Waals surface area contributed by atoms with Crippen LogP contribution in [0.5, 0.6) is 0 Å². The van der Waals surface area contributed by atoms with Gasteiger partial charge in [-0.15, -0.1) is 0 Å². The van der Waals surface area contributed by atoms with Crippen LogP contribution in [0.15, 0.2) is 54.9 Å². The van der Waals surface area contributed by atoms with Crippen LogP contribution in [0, 0.1) is 12.7 Å². The van der Waals surface area contributed by atoms with Crippen molar-refractivity contribution in [2.75, 3.05) is 5.32 Å². The van der Waals surface area contributed by atoms with E-state index in [1.165, 1.54) is 6.07 Å². The van der Waals surface area contributed by atoms with Crippen LogP contribution in [-0.2, 0) is 0 Å². The van der Waals surface area contributed by atoms with Crippen molar-refractivity contribution in [3.8, 4) is 11.4 Å². The van der Waals surface area contributed by atoms with Crippen LogP contribution in [0.25, 0.3) is 11.4 Å². The molecule has 0 amide bonds. The Morgan fingerprint density at radius 2 is 1.92 bits per heavy atom. The highest BCUT2D eigenvalue weighted by molar-refractivity contribution is 5.57. The van der Waals surface area contributed by atoms with Crippen molar-refractivity contribution in [2.45, 2.75) is 25.3 Å². The van der Waals surface area contributed by atoms with E-state index in [1.807, 2.05) is 31.2 Å². The van der Waals surface area contributed by atoms with Crippen LogP contribution in [0.1, 0.15) is 23.6 Å². The Kier molecular flexibility index (Phi) is 3.69. The Balaban J connectivity index is 1.53. The molecule has 2 atom stereocenters. The van der Waals surface area contributed by atoms with Crippen LogP contribution in [0.4, 0.5) is 10.2 Å². The fourth-order valence-corrected chi connectivity index (χ4v) is 2.92. The largest absolute Gasteiger partial charge is 0.367 e. The van der Waals surface area contributed by atoms with Gasteiger partial charge in [-0.05, 0) is 43.2 Å². The number of hydrogen-bond acceptors (Lipinski definition) is 4. The molecular formula is C19H17FN4. The Morgan fingerprint density at radius 1 is 1.08 bits per heavy atom. The van der Waals surface area contributed by atoms with E-state index >= 15 is 0 Å². The molecule has 5 heteroatoms. The minimum absolute atomic E-state index is 0.184. The number of aromatic nitrogens is 3. The molecule has 120 valence electrons. The third-order valence-corrected chi connectivity index (χ3v) is 4.19. The maximum Gasteiger partial charge on any atom is 0.161 e. The smallest absolute Gasteiger partial charge is 0.161 e. The van der Waals surface area contributed by atoms with Crippen molar-refractivity contribution < 1.29 is 4.39 Å². The van der Waals surface area contributed by atoms with Crippen molar-refractivity contribution >= 4 is 5.82 Å². The topological polar surface area (TPSA) is 50.7 Å². The van der Waals surface area contributed by atoms with E-state index in [1.54, 1.807) is 24.5 Å². The van der Waals surface area contributed by atoms with Crippen molar-refractivity contribution in [1.82, 2.24) is 15.0 Å². The molecule has 0 radical (unpaired) electrons. The van der Waals surface area contributed by atoms with Gasteiger partial charge in [0.25, 0.3) is 0 Å². The van der Waals surface area contributed by atoms with Gasteiger partial charge in [0.1, 0.15) is 11.6 Å². The summed E-state index contributed by atoms with van der Waals surface area (Å²) in [5.41, 5.74) is 2.88. The Morgan fingerprint density at radius 3 is 2.71 bits per heavy atom. The Bertz CT molecular complexity index is 866. The fraction of sp³-hybridized carbons (Fsp3) is 0.211. The zero-order chi connectivity index (χ0) is 16.5. The molecule has 1 aliphatic rings. The molecule has 0 saturated heterocycles. The van der Waals surface area contributed by atoms with E-state index in [-0.39, 0.29) is 11.9 Å². The predicted molar refractivity (Wildman–Crippen MR) is 91.2 cm³/mol. The highest BCUT2D eigenvalue weighted by Gasteiger charge is 2.38. The number of hydrogen-bond donors (Lipinski definition) is 1. The molecule has 2 heterocycles. The van der Waals surface area contributed by atoms with Gasteiger partial charge in [-0.3, -0.25) is 4.98 Å². The van der Waals surface area contributed by atoms with Crippen LogP contribution < -0.4 is 5.32 Å². The first-order valence-corrected chi connectivity index (χ1v) is 7.97. The van der Waals surface area contributed by atoms with Gasteiger partial charge in [-0.25, -0.2) is 14.4 Å². The number of rotatable bonds is 4. The lowest BCUT2D eigenvalue weighted by Gasteiger charge is -2.09. The van der Waals surface area contributed by atoms with Gasteiger partial charge >= 0.3 is 0 Å². The highest BCUT2D eigenvalue weighted by Crippen LogP contribution is 2.42. The van der Waals surface area contributed by atoms with Gasteiger partial charge in [-0.1, -0.05) is 12.1 Å². The molecule has 1 saturated carbocycles. The average Bonchev–Trinajstić information content (AvgIpc) is 3.34. The summed E-state index contributed by atoms with van der Waals surface area (Å²) >= 11 is 0. The van der Waals surface area contributed by atoms with Gasteiger partial charge in [0.2, 0.25) is 0 Å². The minimum atomic E-state index is -0.184. The van der Waals surface area contributed by atoms with Gasteiger partial charge in [0.05, 0.1) is 0 Å². The van der Waals surface area contributed by atoms with E-state index in [4.69, 9.17) is 0 Å². The quantitative estimate of drug-likeness (QED) is 0.791. The van der Waals surface area contributed by atoms with Crippen molar-refractivity contribution in [3.63, 3.8) is 0 Å². The lowest BCUT2D eigenvalue weighted by atomic mass is 10.1. The normalized spacial score (nSPS) is 19.1. The molecule has 1 aromatic carbocycles. The first-order valence-electron chi connectivity index (χ1n) is 7.97. The van der Waals surface area contributed by atoms with Gasteiger partial charge in [0, 0.05) is 41.7 Å². The summed E-state index contributed by atoms with van der Waals surface area (Å²) < 4.78 is 13.4. The zero-order valence-electron chi connectivity index (χ0n) is 13.3. The van der Waals surface area contributed by atoms with Crippen molar-refractivity contribution in [1.29, 1.82) is 0 Å². The molecule has 4 nitrogen and oxygen atoms in total. The summed E-state index contributed by atoms with van der Waals surface area (Å²) in [5.74, 6) is 1.64. The van der Waals surface area contributed by atoms with Crippen LogP contribution >= 0.6 is 0 Å². The van der Waals surface area contributed by atoms with Gasteiger partial charge < -0.3 is 5.32 Å². The second-order valence-electron chi connectivity index (χ2n) is 6.10. The van der Waals surface area contributed by atoms with E-state index < -0.39 is 0 Å². The molecule has 0 spiro atoms. The van der Waals surface area contributed by atoms with Crippen LogP contribution in [0.2, 0.25) is 0 Å². The van der Waals surface area contributed by atoms with Crippen LogP contribution in [-0.4, -0.2) is 21.0 Å². The third-order valence-electron chi connectivity index (χ3n) is 4.19. The summed E-state index contributed by atoms with van der Waals surface area (Å²) in [6.07, 6.45) is 4.45. The maximum atomic E-state index is 13.4. The summed E-state index contributed by atoms with van der Waals surface area (Å²) in [5, 5.41) is 3.45. The van der Waals surface area contributed by atoms with Gasteiger partial charge in [0.15, 0.2) is 5.82 Å². The molecule has 24 heavy (non-hydrogen) atoms. The summed E-state index contributed by atoms with van der Waals surface area (Å²) in [4.78, 5) is 13.1. The van der Waals surface area contributed by atoms with E-state index in [2.05, 4.69) is 20.3 Å². The first kappa shape index (κ1) is 14.8. The first-order chi connectivity index (χ1) is 11.7. The standard InChI is InChI=1S/C19H17FN4/c1-12-9-18(24-19(22-12)13-5-7-21-8-6-13)23-17-11-16(17)14-3-2-4-15(20)10-14/h2-10,16-17H,11H2,1H3,(H,22,23,24)/t16-,17+/m0/s1. The molecule has 0 unspecified atom stereocenters. The second kappa shape index (κ2) is 6.00. The number of halogens is 1. The number of nitrogens with zero attached hydrogens (tertiary/aromatic N) is 3. The molecule has 0 aliphatic heterocycles. The Hall–Kier alpha value is -2.82. The SMILES string of the molecule is Cc1cc(N[C@@H]2C[C@H]2c2cccc(F)c2)nc(-c2ccncc2)n1. The monoisotopic (exact) mass is 320 g/mol. The lowest BCUT2D eigenvalue weighted by Crippen LogP contribution is -2.07. The highest BCUT2D eigenvalue weighted by atomic mass is 19.1. The average molecular weight is 320 g/mol.